The van der Waals surface area contributed by atoms with Gasteiger partial charge in [0.1, 0.15) is 9.61 Å². The molecule has 0 bridgehead atoms. The van der Waals surface area contributed by atoms with E-state index >= 15 is 0 Å². The van der Waals surface area contributed by atoms with Crippen LogP contribution in [0, 0.1) is 0 Å². The van der Waals surface area contributed by atoms with Crippen molar-refractivity contribution in [2.45, 2.75) is 6.42 Å². The van der Waals surface area contributed by atoms with Crippen molar-refractivity contribution in [3.63, 3.8) is 0 Å². The lowest BCUT2D eigenvalue weighted by Crippen LogP contribution is -2.15. The van der Waals surface area contributed by atoms with Crippen LogP contribution < -0.4 is 5.73 Å². The first kappa shape index (κ1) is 8.83. The number of thiazole rings is 1. The molecule has 0 aliphatic carbocycles. The second-order valence-corrected chi connectivity index (χ2v) is 3.74. The first-order chi connectivity index (χ1) is 5.22. The lowest BCUT2D eigenvalue weighted by Gasteiger charge is -1.90. The van der Waals surface area contributed by atoms with Crippen LogP contribution in [0.4, 0.5) is 0 Å². The van der Waals surface area contributed by atoms with Crippen LogP contribution in [-0.4, -0.2) is 17.3 Å². The molecule has 0 fully saturated rings. The van der Waals surface area contributed by atoms with Crippen LogP contribution in [0.3, 0.4) is 0 Å². The summed E-state index contributed by atoms with van der Waals surface area (Å²) in [5.74, 6) is 0.0202. The summed E-state index contributed by atoms with van der Waals surface area (Å²) in [5, 5.41) is 2.66. The maximum Gasteiger partial charge on any atom is 0.153 e. The molecule has 1 aromatic heterocycles. The van der Waals surface area contributed by atoms with Gasteiger partial charge in [-0.25, -0.2) is 4.98 Å². The smallest absolute Gasteiger partial charge is 0.153 e. The van der Waals surface area contributed by atoms with Crippen molar-refractivity contribution in [2.75, 3.05) is 6.54 Å². The molecule has 0 aliphatic heterocycles. The predicted molar refractivity (Wildman–Crippen MR) is 47.6 cm³/mol. The van der Waals surface area contributed by atoms with Gasteiger partial charge in [0.25, 0.3) is 0 Å². The molecular weight excluding hydrogens is 228 g/mol. The molecule has 0 saturated carbocycles. The third-order valence-corrected chi connectivity index (χ3v) is 2.66. The average Bonchev–Trinajstić information content (AvgIpc) is 2.35. The Kier molecular flexibility index (Phi) is 3.16. The Morgan fingerprint density at radius 1 is 1.82 bits per heavy atom. The van der Waals surface area contributed by atoms with E-state index in [9.17, 15) is 4.79 Å². The Labute approximate surface area is 76.8 Å². The molecule has 1 aromatic rings. The topological polar surface area (TPSA) is 56.0 Å². The van der Waals surface area contributed by atoms with E-state index in [1.54, 1.807) is 0 Å². The van der Waals surface area contributed by atoms with Gasteiger partial charge in [-0.1, -0.05) is 0 Å². The van der Waals surface area contributed by atoms with Crippen molar-refractivity contribution >= 4 is 33.0 Å². The van der Waals surface area contributed by atoms with E-state index in [0.29, 0.717) is 6.42 Å². The summed E-state index contributed by atoms with van der Waals surface area (Å²) in [7, 11) is 0. The lowest BCUT2D eigenvalue weighted by molar-refractivity contribution is -0.117. The van der Waals surface area contributed by atoms with E-state index in [0.717, 1.165) is 9.61 Å². The number of Topliss-reactive ketones (excluding diaryl/α,β-unsaturated/α-hetero) is 1. The number of nitrogens with zero attached hydrogens (tertiary/aromatic N) is 1. The normalized spacial score (nSPS) is 10.0. The summed E-state index contributed by atoms with van der Waals surface area (Å²) < 4.78 is 0.780. The quantitative estimate of drug-likeness (QED) is 0.849. The van der Waals surface area contributed by atoms with E-state index in [4.69, 9.17) is 5.73 Å². The second-order valence-electron chi connectivity index (χ2n) is 1.98. The lowest BCUT2D eigenvalue weighted by atomic mass is 10.3. The molecule has 60 valence electrons. The van der Waals surface area contributed by atoms with Crippen molar-refractivity contribution in [3.05, 3.63) is 15.0 Å². The van der Waals surface area contributed by atoms with Gasteiger partial charge in [0, 0.05) is 5.38 Å². The van der Waals surface area contributed by atoms with Crippen molar-refractivity contribution in [1.82, 2.24) is 4.98 Å². The van der Waals surface area contributed by atoms with Crippen molar-refractivity contribution in [1.29, 1.82) is 0 Å². The molecule has 11 heavy (non-hydrogen) atoms. The van der Waals surface area contributed by atoms with Gasteiger partial charge in [-0.3, -0.25) is 4.79 Å². The fourth-order valence-corrected chi connectivity index (χ4v) is 1.90. The highest BCUT2D eigenvalue weighted by atomic mass is 79.9. The van der Waals surface area contributed by atoms with E-state index in [1.807, 2.05) is 5.38 Å². The van der Waals surface area contributed by atoms with Gasteiger partial charge in [0.15, 0.2) is 5.78 Å². The average molecular weight is 235 g/mol. The maximum absolute atomic E-state index is 10.8. The highest BCUT2D eigenvalue weighted by Crippen LogP contribution is 2.14. The van der Waals surface area contributed by atoms with Gasteiger partial charge in [-0.05, 0) is 15.9 Å². The van der Waals surface area contributed by atoms with Crippen molar-refractivity contribution in [3.8, 4) is 0 Å². The summed E-state index contributed by atoms with van der Waals surface area (Å²) in [6.07, 6.45) is 0.354. The fourth-order valence-electron chi connectivity index (χ4n) is 0.611. The summed E-state index contributed by atoms with van der Waals surface area (Å²) in [5.41, 5.74) is 5.14. The minimum Gasteiger partial charge on any atom is -0.324 e. The Morgan fingerprint density at radius 2 is 2.55 bits per heavy atom. The number of ketones is 1. The van der Waals surface area contributed by atoms with Gasteiger partial charge >= 0.3 is 0 Å². The van der Waals surface area contributed by atoms with Gasteiger partial charge in [-0.15, -0.1) is 11.3 Å². The van der Waals surface area contributed by atoms with Crippen molar-refractivity contribution in [2.24, 2.45) is 5.73 Å². The number of carbonyl (C=O) groups is 1. The Hall–Kier alpha value is -0.260. The molecule has 1 rings (SSSR count). The Morgan fingerprint density at radius 3 is 3.00 bits per heavy atom. The molecule has 5 heteroatoms. The minimum absolute atomic E-state index is 0.0202. The van der Waals surface area contributed by atoms with E-state index < -0.39 is 0 Å². The second kappa shape index (κ2) is 3.94. The molecule has 0 radical (unpaired) electrons. The first-order valence-corrected chi connectivity index (χ1v) is 4.71. The van der Waals surface area contributed by atoms with Gasteiger partial charge in [0.2, 0.25) is 0 Å². The Bertz CT molecular complexity index is 261. The zero-order valence-corrected chi connectivity index (χ0v) is 8.11. The van der Waals surface area contributed by atoms with Gasteiger partial charge < -0.3 is 5.73 Å². The fraction of sp³-hybridized carbons (Fsp3) is 0.333. The van der Waals surface area contributed by atoms with E-state index in [-0.39, 0.29) is 12.3 Å². The SMILES string of the molecule is NCC(=O)Cc1nc(Br)cs1. The molecule has 0 saturated heterocycles. The summed E-state index contributed by atoms with van der Waals surface area (Å²) in [4.78, 5) is 14.9. The minimum atomic E-state index is 0.0202. The monoisotopic (exact) mass is 234 g/mol. The standard InChI is InChI=1S/C6H7BrN2OS/c7-5-3-11-6(9-5)1-4(10)2-8/h3H,1-2,8H2. The first-order valence-electron chi connectivity index (χ1n) is 3.04. The molecule has 1 heterocycles. The third kappa shape index (κ3) is 2.69. The number of halogens is 1. The molecule has 2 N–H and O–H groups in total. The summed E-state index contributed by atoms with van der Waals surface area (Å²) in [6, 6.07) is 0. The number of rotatable bonds is 3. The number of carbonyl (C=O) groups excluding carboxylic acids is 1. The van der Waals surface area contributed by atoms with Crippen LogP contribution in [0.1, 0.15) is 5.01 Å². The molecule has 0 atom stereocenters. The largest absolute Gasteiger partial charge is 0.324 e. The Balaban J connectivity index is 2.57. The van der Waals surface area contributed by atoms with E-state index in [2.05, 4.69) is 20.9 Å². The summed E-state index contributed by atoms with van der Waals surface area (Å²) in [6.45, 7) is 0.0944. The van der Waals surface area contributed by atoms with Gasteiger partial charge in [0.05, 0.1) is 13.0 Å². The number of hydrogen-bond donors (Lipinski definition) is 1. The van der Waals surface area contributed by atoms with Crippen LogP contribution in [0.15, 0.2) is 9.98 Å². The number of nitrogens with two attached hydrogens (primary N) is 1. The molecule has 0 unspecified atom stereocenters. The highest BCUT2D eigenvalue weighted by Gasteiger charge is 2.04. The number of hydrogen-bond acceptors (Lipinski definition) is 4. The molecule has 3 nitrogen and oxygen atoms in total. The molecule has 0 amide bonds. The third-order valence-electron chi connectivity index (χ3n) is 1.10. The van der Waals surface area contributed by atoms with Crippen LogP contribution >= 0.6 is 27.3 Å². The maximum atomic E-state index is 10.8. The predicted octanol–water partition coefficient (Wildman–Crippen LogP) is 0.976. The van der Waals surface area contributed by atoms with Crippen LogP contribution in [0.5, 0.6) is 0 Å². The number of aromatic nitrogens is 1. The van der Waals surface area contributed by atoms with Crippen LogP contribution in [0.2, 0.25) is 0 Å². The highest BCUT2D eigenvalue weighted by molar-refractivity contribution is 9.10. The summed E-state index contributed by atoms with van der Waals surface area (Å²) >= 11 is 4.66. The zero-order chi connectivity index (χ0) is 8.27. The zero-order valence-electron chi connectivity index (χ0n) is 5.71. The molecule has 0 aliphatic rings. The van der Waals surface area contributed by atoms with Crippen molar-refractivity contribution < 1.29 is 4.79 Å². The van der Waals surface area contributed by atoms with Gasteiger partial charge in [-0.2, -0.15) is 0 Å². The molecular formula is C6H7BrN2OS. The van der Waals surface area contributed by atoms with E-state index in [1.165, 1.54) is 11.3 Å². The molecule has 0 aromatic carbocycles. The van der Waals surface area contributed by atoms with Crippen LogP contribution in [0.25, 0.3) is 0 Å². The molecule has 0 spiro atoms. The van der Waals surface area contributed by atoms with Crippen LogP contribution in [-0.2, 0) is 11.2 Å².